The number of fused-ring (bicyclic) bond motifs is 1. The summed E-state index contributed by atoms with van der Waals surface area (Å²) in [6.45, 7) is 1.46. The fourth-order valence-corrected chi connectivity index (χ4v) is 3.61. The molecule has 0 bridgehead atoms. The fraction of sp³-hybridized carbons (Fsp3) is 0.556. The van der Waals surface area contributed by atoms with Crippen molar-refractivity contribution in [2.24, 2.45) is 11.3 Å². The smallest absolute Gasteiger partial charge is 0.311 e. The van der Waals surface area contributed by atoms with Crippen LogP contribution >= 0.6 is 27.3 Å². The van der Waals surface area contributed by atoms with E-state index in [0.29, 0.717) is 12.5 Å². The minimum absolute atomic E-state index is 0.331. The van der Waals surface area contributed by atoms with Gasteiger partial charge in [0.1, 0.15) is 4.60 Å². The Morgan fingerprint density at radius 2 is 2.60 bits per heavy atom. The highest BCUT2D eigenvalue weighted by atomic mass is 79.9. The lowest BCUT2D eigenvalue weighted by atomic mass is 10.1. The normalized spacial score (nSPS) is 32.9. The minimum Gasteiger partial charge on any atom is -0.481 e. The second kappa shape index (κ2) is 2.95. The monoisotopic (exact) mass is 288 g/mol. The quantitative estimate of drug-likeness (QED) is 0.902. The maximum absolute atomic E-state index is 11.1. The number of hydrogen-bond donors (Lipinski definition) is 1. The summed E-state index contributed by atoms with van der Waals surface area (Å²) in [5.41, 5.74) is -0.460. The predicted molar refractivity (Wildman–Crippen MR) is 60.2 cm³/mol. The molecular formula is C9H9BrN2O2S. The number of rotatable bonds is 2. The molecule has 2 heterocycles. The number of aliphatic carboxylic acids is 1. The van der Waals surface area contributed by atoms with Crippen molar-refractivity contribution in [1.29, 1.82) is 0 Å². The number of thiazole rings is 1. The number of carboxylic acids is 1. The number of hydrogen-bond acceptors (Lipinski definition) is 4. The van der Waals surface area contributed by atoms with Crippen molar-refractivity contribution < 1.29 is 9.90 Å². The highest BCUT2D eigenvalue weighted by Crippen LogP contribution is 2.58. The summed E-state index contributed by atoms with van der Waals surface area (Å²) in [5.74, 6) is -0.316. The van der Waals surface area contributed by atoms with Gasteiger partial charge in [0.15, 0.2) is 5.13 Å². The van der Waals surface area contributed by atoms with Gasteiger partial charge < -0.3 is 10.0 Å². The topological polar surface area (TPSA) is 53.4 Å². The van der Waals surface area contributed by atoms with Crippen molar-refractivity contribution >= 4 is 38.4 Å². The molecule has 6 heteroatoms. The maximum atomic E-state index is 11.1. The average molecular weight is 289 g/mol. The molecule has 0 radical (unpaired) electrons. The van der Waals surface area contributed by atoms with Gasteiger partial charge in [-0.2, -0.15) is 0 Å². The number of aromatic nitrogens is 1. The third kappa shape index (κ3) is 1.31. The van der Waals surface area contributed by atoms with Crippen LogP contribution in [-0.2, 0) is 4.79 Å². The zero-order chi connectivity index (χ0) is 10.6. The molecule has 80 valence electrons. The van der Waals surface area contributed by atoms with Gasteiger partial charge in [-0.3, -0.25) is 4.79 Å². The van der Waals surface area contributed by atoms with E-state index in [1.807, 2.05) is 5.38 Å². The number of piperidine rings is 1. The zero-order valence-electron chi connectivity index (χ0n) is 7.81. The van der Waals surface area contributed by atoms with E-state index in [1.165, 1.54) is 0 Å². The molecule has 0 aromatic carbocycles. The van der Waals surface area contributed by atoms with Crippen molar-refractivity contribution in [3.63, 3.8) is 0 Å². The maximum Gasteiger partial charge on any atom is 0.311 e. The third-order valence-electron chi connectivity index (χ3n) is 3.31. The van der Waals surface area contributed by atoms with Crippen LogP contribution < -0.4 is 4.90 Å². The van der Waals surface area contributed by atoms with Crippen LogP contribution in [0.1, 0.15) is 6.42 Å². The van der Waals surface area contributed by atoms with Crippen LogP contribution in [0.15, 0.2) is 9.98 Å². The Balaban J connectivity index is 1.81. The Hall–Kier alpha value is -0.620. The van der Waals surface area contributed by atoms with Crippen LogP contribution in [0.3, 0.4) is 0 Å². The van der Waals surface area contributed by atoms with Crippen LogP contribution in [0, 0.1) is 11.3 Å². The number of carboxylic acid groups (broad SMARTS) is 1. The summed E-state index contributed by atoms with van der Waals surface area (Å²) in [5, 5.41) is 12.0. The summed E-state index contributed by atoms with van der Waals surface area (Å²) in [6.07, 6.45) is 0.839. The largest absolute Gasteiger partial charge is 0.481 e. The van der Waals surface area contributed by atoms with Gasteiger partial charge in [-0.15, -0.1) is 11.3 Å². The van der Waals surface area contributed by atoms with Crippen molar-refractivity contribution in [2.75, 3.05) is 18.0 Å². The van der Waals surface area contributed by atoms with Gasteiger partial charge in [-0.25, -0.2) is 4.98 Å². The SMILES string of the molecule is O=C(O)C12CC1CN(c1nc(Br)cs1)C2. The number of carbonyl (C=O) groups is 1. The second-order valence-corrected chi connectivity index (χ2v) is 5.84. The van der Waals surface area contributed by atoms with Crippen LogP contribution in [-0.4, -0.2) is 29.1 Å². The van der Waals surface area contributed by atoms with Gasteiger partial charge in [0.2, 0.25) is 0 Å². The highest BCUT2D eigenvalue weighted by Gasteiger charge is 2.65. The van der Waals surface area contributed by atoms with Gasteiger partial charge in [-0.05, 0) is 28.3 Å². The van der Waals surface area contributed by atoms with Crippen molar-refractivity contribution in [2.45, 2.75) is 6.42 Å². The Morgan fingerprint density at radius 3 is 3.13 bits per heavy atom. The minimum atomic E-state index is -0.648. The second-order valence-electron chi connectivity index (χ2n) is 4.20. The number of halogens is 1. The Bertz CT molecular complexity index is 436. The molecular weight excluding hydrogens is 280 g/mol. The van der Waals surface area contributed by atoms with Crippen molar-refractivity contribution in [3.8, 4) is 0 Å². The predicted octanol–water partition coefficient (Wildman–Crippen LogP) is 1.82. The van der Waals surface area contributed by atoms with Gasteiger partial charge >= 0.3 is 5.97 Å². The van der Waals surface area contributed by atoms with E-state index < -0.39 is 11.4 Å². The van der Waals surface area contributed by atoms with E-state index >= 15 is 0 Å². The van der Waals surface area contributed by atoms with E-state index in [1.54, 1.807) is 11.3 Å². The molecule has 4 nitrogen and oxygen atoms in total. The molecule has 1 saturated carbocycles. The van der Waals surface area contributed by atoms with Crippen molar-refractivity contribution in [3.05, 3.63) is 9.98 Å². The highest BCUT2D eigenvalue weighted by molar-refractivity contribution is 9.10. The Kier molecular flexibility index (Phi) is 1.88. The lowest BCUT2D eigenvalue weighted by Gasteiger charge is -2.17. The lowest BCUT2D eigenvalue weighted by Crippen LogP contribution is -2.28. The van der Waals surface area contributed by atoms with E-state index in [4.69, 9.17) is 5.11 Å². The summed E-state index contributed by atoms with van der Waals surface area (Å²) in [7, 11) is 0. The van der Waals surface area contributed by atoms with Crippen LogP contribution in [0.4, 0.5) is 5.13 Å². The number of anilines is 1. The molecule has 1 aromatic heterocycles. The molecule has 2 aliphatic rings. The summed E-state index contributed by atoms with van der Waals surface area (Å²) in [4.78, 5) is 17.5. The van der Waals surface area contributed by atoms with E-state index in [9.17, 15) is 4.79 Å². The molecule has 2 atom stereocenters. The van der Waals surface area contributed by atoms with Crippen LogP contribution in [0.25, 0.3) is 0 Å². The lowest BCUT2D eigenvalue weighted by molar-refractivity contribution is -0.142. The Labute approximate surface area is 99.1 Å². The molecule has 15 heavy (non-hydrogen) atoms. The van der Waals surface area contributed by atoms with Gasteiger partial charge in [0.05, 0.1) is 5.41 Å². The molecule has 3 rings (SSSR count). The van der Waals surface area contributed by atoms with Crippen LogP contribution in [0.5, 0.6) is 0 Å². The summed E-state index contributed by atoms with van der Waals surface area (Å²) in [6, 6.07) is 0. The zero-order valence-corrected chi connectivity index (χ0v) is 10.2. The molecule has 0 amide bonds. The molecule has 1 aromatic rings. The standard InChI is InChI=1S/C9H9BrN2O2S/c10-6-3-15-8(11-6)12-2-5-1-9(5,4-12)7(13)14/h3,5H,1-2,4H2,(H,13,14). The van der Waals surface area contributed by atoms with E-state index in [-0.39, 0.29) is 0 Å². The van der Waals surface area contributed by atoms with E-state index in [0.717, 1.165) is 22.7 Å². The van der Waals surface area contributed by atoms with Crippen molar-refractivity contribution in [1.82, 2.24) is 4.98 Å². The molecule has 1 aliphatic heterocycles. The van der Waals surface area contributed by atoms with Crippen LogP contribution in [0.2, 0.25) is 0 Å². The average Bonchev–Trinajstić information content (AvgIpc) is 2.61. The van der Waals surface area contributed by atoms with Gasteiger partial charge in [0, 0.05) is 18.5 Å². The summed E-state index contributed by atoms with van der Waals surface area (Å²) >= 11 is 4.86. The first-order chi connectivity index (χ1) is 7.12. The van der Waals surface area contributed by atoms with Gasteiger partial charge in [-0.1, -0.05) is 0 Å². The molecule has 1 aliphatic carbocycles. The fourth-order valence-electron chi connectivity index (χ4n) is 2.35. The molecule has 2 fully saturated rings. The third-order valence-corrected chi connectivity index (χ3v) is 4.92. The van der Waals surface area contributed by atoms with E-state index in [2.05, 4.69) is 25.8 Å². The molecule has 1 saturated heterocycles. The first-order valence-electron chi connectivity index (χ1n) is 4.71. The molecule has 2 unspecified atom stereocenters. The first-order valence-corrected chi connectivity index (χ1v) is 6.38. The molecule has 1 N–H and O–H groups in total. The van der Waals surface area contributed by atoms with Gasteiger partial charge in [0.25, 0.3) is 0 Å². The summed E-state index contributed by atoms with van der Waals surface area (Å²) < 4.78 is 0.826. The molecule has 0 spiro atoms. The first kappa shape index (κ1) is 9.59. The Morgan fingerprint density at radius 1 is 1.80 bits per heavy atom. The number of nitrogens with zero attached hydrogens (tertiary/aromatic N) is 2.